The zero-order chi connectivity index (χ0) is 6.85. The smallest absolute Gasteiger partial charge is 0.177 e. The minimum absolute atomic E-state index is 0.0368. The van der Waals surface area contributed by atoms with Crippen molar-refractivity contribution < 1.29 is 5.11 Å². The van der Waals surface area contributed by atoms with Gasteiger partial charge in [0.05, 0.1) is 18.5 Å². The molecule has 1 aromatic rings. The van der Waals surface area contributed by atoms with E-state index in [1.165, 1.54) is 0 Å². The molecular formula is C5H7BrN2O. The summed E-state index contributed by atoms with van der Waals surface area (Å²) >= 11 is 3.20. The molecule has 0 amide bonds. The van der Waals surface area contributed by atoms with Crippen LogP contribution < -0.4 is 0 Å². The third kappa shape index (κ3) is 1.14. The normalized spacial score (nSPS) is 10.1. The van der Waals surface area contributed by atoms with E-state index in [0.717, 1.165) is 10.4 Å². The van der Waals surface area contributed by atoms with E-state index < -0.39 is 0 Å². The van der Waals surface area contributed by atoms with Crippen LogP contribution in [0.4, 0.5) is 0 Å². The first-order valence-electron chi connectivity index (χ1n) is 2.52. The molecule has 4 heteroatoms. The van der Waals surface area contributed by atoms with Crippen molar-refractivity contribution in [2.24, 2.45) is 7.05 Å². The highest BCUT2D eigenvalue weighted by Crippen LogP contribution is 2.08. The SMILES string of the molecule is Cn1c(CO)cnc1Br. The first-order chi connectivity index (χ1) is 4.25. The van der Waals surface area contributed by atoms with Crippen LogP contribution in [0.25, 0.3) is 0 Å². The van der Waals surface area contributed by atoms with Gasteiger partial charge < -0.3 is 9.67 Å². The van der Waals surface area contributed by atoms with Crippen LogP contribution in [0.5, 0.6) is 0 Å². The summed E-state index contributed by atoms with van der Waals surface area (Å²) in [5, 5.41) is 8.65. The van der Waals surface area contributed by atoms with Crippen LogP contribution in [0, 0.1) is 0 Å². The van der Waals surface area contributed by atoms with E-state index in [1.54, 1.807) is 10.8 Å². The Morgan fingerprint density at radius 1 is 1.89 bits per heavy atom. The fraction of sp³-hybridized carbons (Fsp3) is 0.400. The molecule has 0 bridgehead atoms. The minimum atomic E-state index is 0.0368. The molecule has 0 spiro atoms. The van der Waals surface area contributed by atoms with Crippen molar-refractivity contribution in [2.45, 2.75) is 6.61 Å². The summed E-state index contributed by atoms with van der Waals surface area (Å²) < 4.78 is 2.52. The molecule has 0 saturated carbocycles. The van der Waals surface area contributed by atoms with Crippen LogP contribution in [-0.4, -0.2) is 14.7 Å². The summed E-state index contributed by atoms with van der Waals surface area (Å²) in [5.74, 6) is 0. The Labute approximate surface area is 61.5 Å². The summed E-state index contributed by atoms with van der Waals surface area (Å²) in [4.78, 5) is 3.91. The summed E-state index contributed by atoms with van der Waals surface area (Å²) in [7, 11) is 1.84. The lowest BCUT2D eigenvalue weighted by Gasteiger charge is -1.95. The zero-order valence-electron chi connectivity index (χ0n) is 5.00. The molecule has 0 aliphatic carbocycles. The fourth-order valence-corrected chi connectivity index (χ4v) is 0.897. The van der Waals surface area contributed by atoms with Crippen molar-refractivity contribution >= 4 is 15.9 Å². The number of rotatable bonds is 1. The van der Waals surface area contributed by atoms with E-state index in [2.05, 4.69) is 20.9 Å². The van der Waals surface area contributed by atoms with Crippen LogP contribution >= 0.6 is 15.9 Å². The molecule has 0 radical (unpaired) electrons. The van der Waals surface area contributed by atoms with Crippen LogP contribution in [0.1, 0.15) is 5.69 Å². The van der Waals surface area contributed by atoms with Crippen LogP contribution in [-0.2, 0) is 13.7 Å². The van der Waals surface area contributed by atoms with E-state index >= 15 is 0 Å². The Morgan fingerprint density at radius 2 is 2.56 bits per heavy atom. The van der Waals surface area contributed by atoms with Gasteiger partial charge in [-0.3, -0.25) is 0 Å². The molecule has 1 N–H and O–H groups in total. The van der Waals surface area contributed by atoms with Gasteiger partial charge in [-0.05, 0) is 15.9 Å². The average molecular weight is 191 g/mol. The van der Waals surface area contributed by atoms with Crippen molar-refractivity contribution in [1.29, 1.82) is 0 Å². The van der Waals surface area contributed by atoms with Crippen LogP contribution in [0.15, 0.2) is 10.9 Å². The second-order valence-corrected chi connectivity index (χ2v) is 2.44. The van der Waals surface area contributed by atoms with Crippen molar-refractivity contribution in [3.63, 3.8) is 0 Å². The lowest BCUT2D eigenvalue weighted by Crippen LogP contribution is -1.94. The van der Waals surface area contributed by atoms with Gasteiger partial charge in [0.2, 0.25) is 0 Å². The zero-order valence-corrected chi connectivity index (χ0v) is 6.59. The standard InChI is InChI=1S/C5H7BrN2O/c1-8-4(3-9)2-7-5(8)6/h2,9H,3H2,1H3. The van der Waals surface area contributed by atoms with Gasteiger partial charge >= 0.3 is 0 Å². The highest BCUT2D eigenvalue weighted by Gasteiger charge is 1.99. The van der Waals surface area contributed by atoms with Gasteiger partial charge in [0.15, 0.2) is 4.73 Å². The number of aliphatic hydroxyl groups excluding tert-OH is 1. The van der Waals surface area contributed by atoms with Gasteiger partial charge in [-0.1, -0.05) is 0 Å². The Kier molecular flexibility index (Phi) is 1.87. The molecule has 1 heterocycles. The molecule has 0 saturated heterocycles. The number of aromatic nitrogens is 2. The molecule has 1 aromatic heterocycles. The van der Waals surface area contributed by atoms with E-state index in [1.807, 2.05) is 7.05 Å². The number of aliphatic hydroxyl groups is 1. The molecular weight excluding hydrogens is 184 g/mol. The van der Waals surface area contributed by atoms with Crippen molar-refractivity contribution in [3.8, 4) is 0 Å². The lowest BCUT2D eigenvalue weighted by atomic mass is 10.5. The number of halogens is 1. The maximum Gasteiger partial charge on any atom is 0.177 e. The Bertz CT molecular complexity index is 209. The van der Waals surface area contributed by atoms with E-state index in [4.69, 9.17) is 5.11 Å². The molecule has 50 valence electrons. The van der Waals surface area contributed by atoms with Gasteiger partial charge in [0.25, 0.3) is 0 Å². The highest BCUT2D eigenvalue weighted by atomic mass is 79.9. The van der Waals surface area contributed by atoms with Gasteiger partial charge in [0, 0.05) is 7.05 Å². The summed E-state index contributed by atoms with van der Waals surface area (Å²) in [5.41, 5.74) is 0.807. The summed E-state index contributed by atoms with van der Waals surface area (Å²) in [6.07, 6.45) is 1.63. The maximum absolute atomic E-state index is 8.65. The second-order valence-electron chi connectivity index (χ2n) is 1.74. The molecule has 0 aliphatic heterocycles. The van der Waals surface area contributed by atoms with E-state index in [9.17, 15) is 0 Å². The molecule has 3 nitrogen and oxygen atoms in total. The van der Waals surface area contributed by atoms with Crippen molar-refractivity contribution in [3.05, 3.63) is 16.6 Å². The van der Waals surface area contributed by atoms with E-state index in [-0.39, 0.29) is 6.61 Å². The first-order valence-corrected chi connectivity index (χ1v) is 3.32. The van der Waals surface area contributed by atoms with Crippen molar-refractivity contribution in [1.82, 2.24) is 9.55 Å². The Morgan fingerprint density at radius 3 is 2.78 bits per heavy atom. The molecule has 0 atom stereocenters. The lowest BCUT2D eigenvalue weighted by molar-refractivity contribution is 0.272. The number of imidazole rings is 1. The van der Waals surface area contributed by atoms with Crippen molar-refractivity contribution in [2.75, 3.05) is 0 Å². The summed E-state index contributed by atoms with van der Waals surface area (Å²) in [6, 6.07) is 0. The fourth-order valence-electron chi connectivity index (χ4n) is 0.566. The maximum atomic E-state index is 8.65. The molecule has 0 aromatic carbocycles. The minimum Gasteiger partial charge on any atom is -0.390 e. The number of hydrogen-bond acceptors (Lipinski definition) is 2. The number of nitrogens with zero attached hydrogens (tertiary/aromatic N) is 2. The molecule has 0 aliphatic rings. The highest BCUT2D eigenvalue weighted by molar-refractivity contribution is 9.10. The van der Waals surface area contributed by atoms with Gasteiger partial charge in [0.1, 0.15) is 0 Å². The largest absolute Gasteiger partial charge is 0.390 e. The third-order valence-corrected chi connectivity index (χ3v) is 1.93. The third-order valence-electron chi connectivity index (χ3n) is 1.19. The monoisotopic (exact) mass is 190 g/mol. The van der Waals surface area contributed by atoms with Crippen LogP contribution in [0.3, 0.4) is 0 Å². The Hall–Kier alpha value is -0.350. The quantitative estimate of drug-likeness (QED) is 0.708. The Balaban J connectivity index is 3.04. The second kappa shape index (κ2) is 2.49. The molecule has 0 fully saturated rings. The molecule has 0 unspecified atom stereocenters. The topological polar surface area (TPSA) is 38.0 Å². The molecule has 9 heavy (non-hydrogen) atoms. The first kappa shape index (κ1) is 6.77. The van der Waals surface area contributed by atoms with Crippen LogP contribution in [0.2, 0.25) is 0 Å². The van der Waals surface area contributed by atoms with Gasteiger partial charge in [-0.25, -0.2) is 4.98 Å². The van der Waals surface area contributed by atoms with E-state index in [0.29, 0.717) is 0 Å². The predicted octanol–water partition coefficient (Wildman–Crippen LogP) is 0.675. The van der Waals surface area contributed by atoms with Gasteiger partial charge in [-0.2, -0.15) is 0 Å². The average Bonchev–Trinajstić information content (AvgIpc) is 2.15. The van der Waals surface area contributed by atoms with Gasteiger partial charge in [-0.15, -0.1) is 0 Å². The predicted molar refractivity (Wildman–Crippen MR) is 36.8 cm³/mol. The summed E-state index contributed by atoms with van der Waals surface area (Å²) in [6.45, 7) is 0.0368. The molecule has 1 rings (SSSR count). The number of hydrogen-bond donors (Lipinski definition) is 1.